The molecule has 0 fully saturated rings. The summed E-state index contributed by atoms with van der Waals surface area (Å²) in [5.74, 6) is -1.27. The number of methoxy groups -OCH3 is 1. The Bertz CT molecular complexity index is 406. The van der Waals surface area contributed by atoms with Gasteiger partial charge in [0.1, 0.15) is 12.2 Å². The molecule has 0 radical (unpaired) electrons. The van der Waals surface area contributed by atoms with Gasteiger partial charge in [-0.1, -0.05) is 12.1 Å². The van der Waals surface area contributed by atoms with E-state index in [1.807, 2.05) is 0 Å². The predicted octanol–water partition coefficient (Wildman–Crippen LogP) is 1.05. The minimum Gasteiger partial charge on any atom is -0.469 e. The summed E-state index contributed by atoms with van der Waals surface area (Å²) in [5.41, 5.74) is 0.795. The van der Waals surface area contributed by atoms with Gasteiger partial charge < -0.3 is 10.1 Å². The number of nitrogens with one attached hydrogen (secondary N) is 1. The molecule has 0 aliphatic carbocycles. The molecule has 0 saturated heterocycles. The van der Waals surface area contributed by atoms with E-state index in [2.05, 4.69) is 10.1 Å². The van der Waals surface area contributed by atoms with Crippen molar-refractivity contribution in [3.63, 3.8) is 0 Å². The van der Waals surface area contributed by atoms with Crippen molar-refractivity contribution >= 4 is 11.9 Å². The standard InChI is InChI=1S/C12H14FNO3/c1-17-12(16)8-11(15)14-6-5-9-3-2-4-10(13)7-9/h2-4,7H,5-6,8H2,1H3,(H,14,15). The van der Waals surface area contributed by atoms with Gasteiger partial charge in [0.25, 0.3) is 0 Å². The minimum absolute atomic E-state index is 0.292. The summed E-state index contributed by atoms with van der Waals surface area (Å²) < 4.78 is 17.2. The molecule has 0 aliphatic heterocycles. The third-order valence-electron chi connectivity index (χ3n) is 2.16. The van der Waals surface area contributed by atoms with Crippen LogP contribution in [-0.2, 0) is 20.7 Å². The number of hydrogen-bond acceptors (Lipinski definition) is 3. The van der Waals surface area contributed by atoms with Crippen molar-refractivity contribution in [2.45, 2.75) is 12.8 Å². The first-order chi connectivity index (χ1) is 8.11. The van der Waals surface area contributed by atoms with Crippen molar-refractivity contribution in [1.29, 1.82) is 0 Å². The highest BCUT2D eigenvalue weighted by Crippen LogP contribution is 2.03. The second-order valence-corrected chi connectivity index (χ2v) is 3.48. The van der Waals surface area contributed by atoms with Crippen LogP contribution in [0.15, 0.2) is 24.3 Å². The van der Waals surface area contributed by atoms with Crippen molar-refractivity contribution in [3.8, 4) is 0 Å². The second-order valence-electron chi connectivity index (χ2n) is 3.48. The lowest BCUT2D eigenvalue weighted by Gasteiger charge is -2.04. The highest BCUT2D eigenvalue weighted by atomic mass is 19.1. The van der Waals surface area contributed by atoms with Crippen LogP contribution in [0.3, 0.4) is 0 Å². The maximum absolute atomic E-state index is 12.8. The summed E-state index contributed by atoms with van der Waals surface area (Å²) in [5, 5.41) is 2.55. The molecule has 17 heavy (non-hydrogen) atoms. The van der Waals surface area contributed by atoms with E-state index >= 15 is 0 Å². The van der Waals surface area contributed by atoms with Gasteiger partial charge in [0.15, 0.2) is 0 Å². The Morgan fingerprint density at radius 2 is 2.18 bits per heavy atom. The molecule has 0 aliphatic rings. The lowest BCUT2D eigenvalue weighted by molar-refractivity contribution is -0.143. The van der Waals surface area contributed by atoms with Gasteiger partial charge in [0.2, 0.25) is 5.91 Å². The van der Waals surface area contributed by atoms with Crippen LogP contribution in [0.25, 0.3) is 0 Å². The predicted molar refractivity (Wildman–Crippen MR) is 59.7 cm³/mol. The molecule has 0 atom stereocenters. The highest BCUT2D eigenvalue weighted by molar-refractivity contribution is 5.94. The quantitative estimate of drug-likeness (QED) is 0.617. The zero-order valence-electron chi connectivity index (χ0n) is 9.53. The van der Waals surface area contributed by atoms with Gasteiger partial charge in [0.05, 0.1) is 7.11 Å². The van der Waals surface area contributed by atoms with Crippen LogP contribution in [0.4, 0.5) is 4.39 Å². The molecule has 5 heteroatoms. The monoisotopic (exact) mass is 239 g/mol. The van der Waals surface area contributed by atoms with Crippen molar-refractivity contribution in [2.24, 2.45) is 0 Å². The first kappa shape index (κ1) is 13.2. The SMILES string of the molecule is COC(=O)CC(=O)NCCc1cccc(F)c1. The maximum Gasteiger partial charge on any atom is 0.315 e. The number of halogens is 1. The number of benzene rings is 1. The summed E-state index contributed by atoms with van der Waals surface area (Å²) in [7, 11) is 1.22. The highest BCUT2D eigenvalue weighted by Gasteiger charge is 2.08. The van der Waals surface area contributed by atoms with E-state index < -0.39 is 11.9 Å². The van der Waals surface area contributed by atoms with Gasteiger partial charge in [-0.05, 0) is 24.1 Å². The number of ether oxygens (including phenoxy) is 1. The van der Waals surface area contributed by atoms with Crippen LogP contribution < -0.4 is 5.32 Å². The topological polar surface area (TPSA) is 55.4 Å². The van der Waals surface area contributed by atoms with E-state index in [1.54, 1.807) is 12.1 Å². The van der Waals surface area contributed by atoms with Gasteiger partial charge in [0, 0.05) is 6.54 Å². The molecular weight excluding hydrogens is 225 g/mol. The molecule has 0 heterocycles. The Morgan fingerprint density at radius 1 is 1.41 bits per heavy atom. The molecule has 0 spiro atoms. The lowest BCUT2D eigenvalue weighted by atomic mass is 10.1. The molecule has 1 aromatic rings. The number of carbonyl (C=O) groups is 2. The number of hydrogen-bond donors (Lipinski definition) is 1. The van der Waals surface area contributed by atoms with Gasteiger partial charge in [-0.3, -0.25) is 9.59 Å². The molecule has 0 unspecified atom stereocenters. The zero-order chi connectivity index (χ0) is 12.7. The Morgan fingerprint density at radius 3 is 2.82 bits per heavy atom. The van der Waals surface area contributed by atoms with Crippen LogP contribution >= 0.6 is 0 Å². The zero-order valence-corrected chi connectivity index (χ0v) is 9.53. The first-order valence-corrected chi connectivity index (χ1v) is 5.20. The Labute approximate surface area is 98.8 Å². The molecule has 92 valence electrons. The summed E-state index contributed by atoms with van der Waals surface area (Å²) in [4.78, 5) is 22.0. The lowest BCUT2D eigenvalue weighted by Crippen LogP contribution is -2.28. The third-order valence-corrected chi connectivity index (χ3v) is 2.16. The summed E-state index contributed by atoms with van der Waals surface area (Å²) in [6.45, 7) is 0.360. The van der Waals surface area contributed by atoms with E-state index in [0.29, 0.717) is 13.0 Å². The van der Waals surface area contributed by atoms with Crippen molar-refractivity contribution in [1.82, 2.24) is 5.32 Å². The number of esters is 1. The number of amides is 1. The van der Waals surface area contributed by atoms with Crippen LogP contribution in [0.5, 0.6) is 0 Å². The van der Waals surface area contributed by atoms with Crippen molar-refractivity contribution in [3.05, 3.63) is 35.6 Å². The van der Waals surface area contributed by atoms with E-state index in [9.17, 15) is 14.0 Å². The van der Waals surface area contributed by atoms with E-state index in [1.165, 1.54) is 19.2 Å². The molecular formula is C12H14FNO3. The fourth-order valence-corrected chi connectivity index (χ4v) is 1.30. The fourth-order valence-electron chi connectivity index (χ4n) is 1.30. The van der Waals surface area contributed by atoms with Crippen molar-refractivity contribution in [2.75, 3.05) is 13.7 Å². The van der Waals surface area contributed by atoms with Gasteiger partial charge in [-0.15, -0.1) is 0 Å². The second kappa shape index (κ2) is 6.62. The molecule has 1 rings (SSSR count). The molecule has 4 nitrogen and oxygen atoms in total. The smallest absolute Gasteiger partial charge is 0.315 e. The Balaban J connectivity index is 2.28. The third kappa shape index (κ3) is 5.10. The number of carbonyl (C=O) groups excluding carboxylic acids is 2. The molecule has 1 N–H and O–H groups in total. The van der Waals surface area contributed by atoms with E-state index in [4.69, 9.17) is 0 Å². The van der Waals surface area contributed by atoms with Crippen LogP contribution in [-0.4, -0.2) is 25.5 Å². The average molecular weight is 239 g/mol. The number of rotatable bonds is 5. The van der Waals surface area contributed by atoms with Gasteiger partial charge >= 0.3 is 5.97 Å². The van der Waals surface area contributed by atoms with Crippen LogP contribution in [0.2, 0.25) is 0 Å². The first-order valence-electron chi connectivity index (χ1n) is 5.20. The van der Waals surface area contributed by atoms with E-state index in [-0.39, 0.29) is 12.2 Å². The van der Waals surface area contributed by atoms with Crippen molar-refractivity contribution < 1.29 is 18.7 Å². The molecule has 0 bridgehead atoms. The molecule has 1 aromatic carbocycles. The summed E-state index contributed by atoms with van der Waals surface area (Å²) in [6, 6.07) is 6.16. The van der Waals surface area contributed by atoms with Crippen LogP contribution in [0, 0.1) is 5.82 Å². The van der Waals surface area contributed by atoms with Gasteiger partial charge in [-0.2, -0.15) is 0 Å². The summed E-state index contributed by atoms with van der Waals surface area (Å²) >= 11 is 0. The van der Waals surface area contributed by atoms with Gasteiger partial charge in [-0.25, -0.2) is 4.39 Å². The van der Waals surface area contributed by atoms with E-state index in [0.717, 1.165) is 5.56 Å². The maximum atomic E-state index is 12.8. The fraction of sp³-hybridized carbons (Fsp3) is 0.333. The minimum atomic E-state index is -0.576. The Kier molecular flexibility index (Phi) is 5.13. The average Bonchev–Trinajstić information content (AvgIpc) is 2.29. The largest absolute Gasteiger partial charge is 0.469 e. The Hall–Kier alpha value is -1.91. The normalized spacial score (nSPS) is 9.76. The molecule has 0 aromatic heterocycles. The summed E-state index contributed by atoms with van der Waals surface area (Å²) in [6.07, 6.45) is 0.227. The molecule has 1 amide bonds. The molecule has 0 saturated carbocycles. The van der Waals surface area contributed by atoms with Crippen LogP contribution in [0.1, 0.15) is 12.0 Å².